The standard InChI is InChI=1S/C20H27ClF3N3O2/c1-12(2)18(28)25-10-14-5-4-8-27(11-14)13(3)19(29)26-17-7-6-15(21)9-16(17)20(22,23)24/h6-7,9,12-14H,4-5,8,10-11H2,1-3H3,(H,25,28)(H,26,29). The van der Waals surface area contributed by atoms with Gasteiger partial charge in [0.2, 0.25) is 11.8 Å². The van der Waals surface area contributed by atoms with Crippen molar-refractivity contribution in [2.75, 3.05) is 25.0 Å². The summed E-state index contributed by atoms with van der Waals surface area (Å²) in [6.45, 7) is 7.11. The van der Waals surface area contributed by atoms with E-state index >= 15 is 0 Å². The highest BCUT2D eigenvalue weighted by Gasteiger charge is 2.35. The number of carbonyl (C=O) groups excluding carboxylic acids is 2. The van der Waals surface area contributed by atoms with E-state index in [1.54, 1.807) is 6.92 Å². The second-order valence-electron chi connectivity index (χ2n) is 7.76. The number of nitrogens with zero attached hydrogens (tertiary/aromatic N) is 1. The normalized spacial score (nSPS) is 19.1. The van der Waals surface area contributed by atoms with Gasteiger partial charge in [-0.05, 0) is 50.4 Å². The largest absolute Gasteiger partial charge is 0.418 e. The Hall–Kier alpha value is -1.80. The van der Waals surface area contributed by atoms with Crippen molar-refractivity contribution >= 4 is 29.1 Å². The van der Waals surface area contributed by atoms with Gasteiger partial charge in [-0.2, -0.15) is 13.2 Å². The van der Waals surface area contributed by atoms with Crippen LogP contribution in [0.4, 0.5) is 18.9 Å². The molecule has 2 N–H and O–H groups in total. The van der Waals surface area contributed by atoms with Crippen molar-refractivity contribution in [1.82, 2.24) is 10.2 Å². The monoisotopic (exact) mass is 433 g/mol. The van der Waals surface area contributed by atoms with Crippen LogP contribution in [-0.4, -0.2) is 42.4 Å². The summed E-state index contributed by atoms with van der Waals surface area (Å²) >= 11 is 5.68. The van der Waals surface area contributed by atoms with E-state index in [1.165, 1.54) is 6.07 Å². The molecule has 1 saturated heterocycles. The Morgan fingerprint density at radius 1 is 1.24 bits per heavy atom. The molecule has 1 fully saturated rings. The minimum atomic E-state index is -4.62. The molecule has 2 atom stereocenters. The van der Waals surface area contributed by atoms with Crippen molar-refractivity contribution in [2.45, 2.75) is 45.8 Å². The second kappa shape index (κ2) is 9.80. The first-order chi connectivity index (χ1) is 13.5. The number of hydrogen-bond acceptors (Lipinski definition) is 3. The molecule has 1 aliphatic rings. The molecule has 5 nitrogen and oxygen atoms in total. The third kappa shape index (κ3) is 6.60. The lowest BCUT2D eigenvalue weighted by Gasteiger charge is -2.36. The molecule has 0 aromatic heterocycles. The molecule has 0 bridgehead atoms. The van der Waals surface area contributed by atoms with E-state index in [4.69, 9.17) is 11.6 Å². The van der Waals surface area contributed by atoms with Gasteiger partial charge in [-0.25, -0.2) is 0 Å². The van der Waals surface area contributed by atoms with E-state index < -0.39 is 23.7 Å². The maximum Gasteiger partial charge on any atom is 0.418 e. The van der Waals surface area contributed by atoms with Gasteiger partial charge in [0.1, 0.15) is 0 Å². The van der Waals surface area contributed by atoms with Crippen LogP contribution in [-0.2, 0) is 15.8 Å². The van der Waals surface area contributed by atoms with Gasteiger partial charge in [0.25, 0.3) is 0 Å². The Morgan fingerprint density at radius 3 is 2.55 bits per heavy atom. The van der Waals surface area contributed by atoms with Gasteiger partial charge in [0.15, 0.2) is 0 Å². The molecule has 2 unspecified atom stereocenters. The Kier molecular flexibility index (Phi) is 7.94. The molecule has 1 aromatic rings. The minimum Gasteiger partial charge on any atom is -0.356 e. The Bertz CT molecular complexity index is 740. The maximum atomic E-state index is 13.2. The molecule has 1 heterocycles. The SMILES string of the molecule is CC(C)C(=O)NCC1CCCN(C(C)C(=O)Nc2ccc(Cl)cc2C(F)(F)F)C1. The molecular formula is C20H27ClF3N3O2. The molecular weight excluding hydrogens is 407 g/mol. The fourth-order valence-electron chi connectivity index (χ4n) is 3.33. The zero-order valence-electron chi connectivity index (χ0n) is 16.8. The van der Waals surface area contributed by atoms with E-state index in [2.05, 4.69) is 10.6 Å². The Morgan fingerprint density at radius 2 is 1.93 bits per heavy atom. The summed E-state index contributed by atoms with van der Waals surface area (Å²) in [5.74, 6) is -0.426. The van der Waals surface area contributed by atoms with E-state index in [-0.39, 0.29) is 28.5 Å². The number of carbonyl (C=O) groups is 2. The molecule has 162 valence electrons. The average Bonchev–Trinajstić information content (AvgIpc) is 2.66. The van der Waals surface area contributed by atoms with Gasteiger partial charge in [0.05, 0.1) is 17.3 Å². The summed E-state index contributed by atoms with van der Waals surface area (Å²) in [7, 11) is 0. The number of piperidine rings is 1. The van der Waals surface area contributed by atoms with Crippen molar-refractivity contribution in [3.63, 3.8) is 0 Å². The highest BCUT2D eigenvalue weighted by atomic mass is 35.5. The number of halogens is 4. The molecule has 2 amide bonds. The minimum absolute atomic E-state index is 0.0182. The first-order valence-corrected chi connectivity index (χ1v) is 10.1. The van der Waals surface area contributed by atoms with Gasteiger partial charge in [-0.1, -0.05) is 25.4 Å². The number of benzene rings is 1. The summed E-state index contributed by atoms with van der Waals surface area (Å²) in [6.07, 6.45) is -2.84. The summed E-state index contributed by atoms with van der Waals surface area (Å²) in [4.78, 5) is 26.3. The zero-order valence-corrected chi connectivity index (χ0v) is 17.5. The van der Waals surface area contributed by atoms with Crippen LogP contribution in [0.3, 0.4) is 0 Å². The van der Waals surface area contributed by atoms with Crippen LogP contribution in [0.25, 0.3) is 0 Å². The number of nitrogens with one attached hydrogen (secondary N) is 2. The second-order valence-corrected chi connectivity index (χ2v) is 8.19. The molecule has 29 heavy (non-hydrogen) atoms. The highest BCUT2D eigenvalue weighted by Crippen LogP contribution is 2.36. The quantitative estimate of drug-likeness (QED) is 0.707. The zero-order chi connectivity index (χ0) is 21.8. The van der Waals surface area contributed by atoms with E-state index in [1.807, 2.05) is 18.7 Å². The van der Waals surface area contributed by atoms with Crippen LogP contribution in [0.5, 0.6) is 0 Å². The lowest BCUT2D eigenvalue weighted by atomic mass is 9.96. The number of anilines is 1. The fraction of sp³-hybridized carbons (Fsp3) is 0.600. The number of likely N-dealkylation sites (tertiary alicyclic amines) is 1. The molecule has 0 aliphatic carbocycles. The lowest BCUT2D eigenvalue weighted by molar-refractivity contribution is -0.137. The topological polar surface area (TPSA) is 61.4 Å². The number of alkyl halides is 3. The van der Waals surface area contributed by atoms with Crippen LogP contribution < -0.4 is 10.6 Å². The van der Waals surface area contributed by atoms with Crippen molar-refractivity contribution < 1.29 is 22.8 Å². The van der Waals surface area contributed by atoms with E-state index in [9.17, 15) is 22.8 Å². The Balaban J connectivity index is 2.00. The number of hydrogen-bond donors (Lipinski definition) is 2. The van der Waals surface area contributed by atoms with Gasteiger partial charge >= 0.3 is 6.18 Å². The fourth-order valence-corrected chi connectivity index (χ4v) is 3.50. The first-order valence-electron chi connectivity index (χ1n) is 9.68. The summed E-state index contributed by atoms with van der Waals surface area (Å²) < 4.78 is 39.7. The molecule has 0 saturated carbocycles. The predicted octanol–water partition coefficient (Wildman–Crippen LogP) is 4.17. The van der Waals surface area contributed by atoms with Crippen LogP contribution >= 0.6 is 11.6 Å². The molecule has 1 aliphatic heterocycles. The third-order valence-electron chi connectivity index (χ3n) is 5.11. The van der Waals surface area contributed by atoms with Crippen molar-refractivity contribution in [3.05, 3.63) is 28.8 Å². The number of rotatable bonds is 6. The Labute approximate surface area is 174 Å². The predicted molar refractivity (Wildman–Crippen MR) is 107 cm³/mol. The van der Waals surface area contributed by atoms with Gasteiger partial charge < -0.3 is 10.6 Å². The van der Waals surface area contributed by atoms with Crippen LogP contribution in [0, 0.1) is 11.8 Å². The summed E-state index contributed by atoms with van der Waals surface area (Å²) in [5.41, 5.74) is -1.28. The lowest BCUT2D eigenvalue weighted by Crippen LogP contribution is -2.49. The number of amides is 2. The van der Waals surface area contributed by atoms with Crippen molar-refractivity contribution in [1.29, 1.82) is 0 Å². The average molecular weight is 434 g/mol. The molecule has 9 heteroatoms. The van der Waals surface area contributed by atoms with Gasteiger partial charge in [-0.3, -0.25) is 14.5 Å². The first kappa shape index (κ1) is 23.5. The maximum absolute atomic E-state index is 13.2. The third-order valence-corrected chi connectivity index (χ3v) is 5.35. The summed E-state index contributed by atoms with van der Waals surface area (Å²) in [5, 5.41) is 5.25. The van der Waals surface area contributed by atoms with E-state index in [0.717, 1.165) is 25.0 Å². The van der Waals surface area contributed by atoms with Crippen molar-refractivity contribution in [3.8, 4) is 0 Å². The molecule has 0 radical (unpaired) electrons. The van der Waals surface area contributed by atoms with Crippen molar-refractivity contribution in [2.24, 2.45) is 11.8 Å². The van der Waals surface area contributed by atoms with Crippen LogP contribution in [0.1, 0.15) is 39.2 Å². The van der Waals surface area contributed by atoms with Crippen LogP contribution in [0.15, 0.2) is 18.2 Å². The highest BCUT2D eigenvalue weighted by molar-refractivity contribution is 6.30. The van der Waals surface area contributed by atoms with Crippen LogP contribution in [0.2, 0.25) is 5.02 Å². The van der Waals surface area contributed by atoms with Gasteiger partial charge in [-0.15, -0.1) is 0 Å². The summed E-state index contributed by atoms with van der Waals surface area (Å²) in [6, 6.07) is 2.67. The molecule has 2 rings (SSSR count). The van der Waals surface area contributed by atoms with Gasteiger partial charge in [0, 0.05) is 24.0 Å². The molecule has 0 spiro atoms. The van der Waals surface area contributed by atoms with E-state index in [0.29, 0.717) is 19.6 Å². The molecule has 1 aromatic carbocycles. The smallest absolute Gasteiger partial charge is 0.356 e.